The highest BCUT2D eigenvalue weighted by atomic mass is 16.5. The fourth-order valence-corrected chi connectivity index (χ4v) is 3.80. The number of rotatable bonds is 6. The van der Waals surface area contributed by atoms with Crippen molar-refractivity contribution in [1.82, 2.24) is 15.1 Å². The minimum atomic E-state index is 0.362. The van der Waals surface area contributed by atoms with Crippen LogP contribution in [0.5, 0.6) is 5.75 Å². The summed E-state index contributed by atoms with van der Waals surface area (Å²) >= 11 is 0. The van der Waals surface area contributed by atoms with Crippen molar-refractivity contribution in [2.45, 2.75) is 38.4 Å². The molecular weight excluding hydrogens is 302 g/mol. The number of hydrogen-bond acceptors (Lipinski definition) is 5. The Hall–Kier alpha value is -1.14. The summed E-state index contributed by atoms with van der Waals surface area (Å²) in [5.74, 6) is 0.362. The van der Waals surface area contributed by atoms with Crippen molar-refractivity contribution in [2.24, 2.45) is 0 Å². The average molecular weight is 333 g/mol. The van der Waals surface area contributed by atoms with E-state index in [1.165, 1.54) is 18.4 Å². The third-order valence-electron chi connectivity index (χ3n) is 5.06. The van der Waals surface area contributed by atoms with E-state index < -0.39 is 0 Å². The van der Waals surface area contributed by atoms with Crippen LogP contribution in [0.2, 0.25) is 0 Å². The molecule has 5 nitrogen and oxygen atoms in total. The van der Waals surface area contributed by atoms with E-state index in [0.29, 0.717) is 17.8 Å². The van der Waals surface area contributed by atoms with Gasteiger partial charge in [-0.2, -0.15) is 0 Å². The van der Waals surface area contributed by atoms with Crippen molar-refractivity contribution in [3.05, 3.63) is 29.8 Å². The summed E-state index contributed by atoms with van der Waals surface area (Å²) in [5.41, 5.74) is 1.20. The second-order valence-electron chi connectivity index (χ2n) is 7.20. The lowest BCUT2D eigenvalue weighted by atomic mass is 10.0. The molecule has 0 amide bonds. The molecule has 0 bridgehead atoms. The first-order valence-electron chi connectivity index (χ1n) is 9.25. The Labute approximate surface area is 145 Å². The van der Waals surface area contributed by atoms with E-state index in [4.69, 9.17) is 4.74 Å². The second-order valence-corrected chi connectivity index (χ2v) is 7.20. The second kappa shape index (κ2) is 8.81. The number of piperidine rings is 1. The Bertz CT molecular complexity index is 497. The van der Waals surface area contributed by atoms with Crippen molar-refractivity contribution in [2.75, 3.05) is 45.9 Å². The van der Waals surface area contributed by atoms with Gasteiger partial charge in [-0.15, -0.1) is 0 Å². The molecule has 0 unspecified atom stereocenters. The van der Waals surface area contributed by atoms with Crippen molar-refractivity contribution >= 4 is 0 Å². The number of morpholine rings is 1. The molecule has 2 fully saturated rings. The summed E-state index contributed by atoms with van der Waals surface area (Å²) in [5, 5.41) is 13.4. The highest BCUT2D eigenvalue weighted by Gasteiger charge is 2.21. The lowest BCUT2D eigenvalue weighted by molar-refractivity contribution is 0.0332. The molecule has 1 aromatic rings. The largest absolute Gasteiger partial charge is 0.508 e. The van der Waals surface area contributed by atoms with Crippen LogP contribution in [0, 0.1) is 0 Å². The van der Waals surface area contributed by atoms with Crippen LogP contribution < -0.4 is 5.32 Å². The van der Waals surface area contributed by atoms with E-state index >= 15 is 0 Å². The first-order valence-corrected chi connectivity index (χ1v) is 9.25. The molecule has 0 aromatic heterocycles. The SMILES string of the molecule is C[C@H](CN1CCOCC1)NC1CCN(Cc2cccc(O)c2)CC1. The third-order valence-corrected chi connectivity index (χ3v) is 5.06. The number of phenolic OH excluding ortho intramolecular Hbond substituents is 1. The molecule has 5 heteroatoms. The van der Waals surface area contributed by atoms with Crippen molar-refractivity contribution in [3.8, 4) is 5.75 Å². The summed E-state index contributed by atoms with van der Waals surface area (Å²) in [6.45, 7) is 10.5. The van der Waals surface area contributed by atoms with E-state index in [1.54, 1.807) is 6.07 Å². The molecule has 1 aromatic carbocycles. The molecule has 2 saturated heterocycles. The number of likely N-dealkylation sites (tertiary alicyclic amines) is 1. The summed E-state index contributed by atoms with van der Waals surface area (Å²) < 4.78 is 5.42. The number of benzene rings is 1. The zero-order chi connectivity index (χ0) is 16.8. The molecule has 0 spiro atoms. The summed E-state index contributed by atoms with van der Waals surface area (Å²) in [7, 11) is 0. The van der Waals surface area contributed by atoms with Crippen LogP contribution in [0.1, 0.15) is 25.3 Å². The number of nitrogens with zero attached hydrogens (tertiary/aromatic N) is 2. The summed E-state index contributed by atoms with van der Waals surface area (Å²) in [6, 6.07) is 8.78. The zero-order valence-corrected chi connectivity index (χ0v) is 14.8. The molecule has 3 rings (SSSR count). The van der Waals surface area contributed by atoms with Crippen LogP contribution in [-0.2, 0) is 11.3 Å². The van der Waals surface area contributed by atoms with Gasteiger partial charge < -0.3 is 15.2 Å². The van der Waals surface area contributed by atoms with E-state index in [9.17, 15) is 5.11 Å². The van der Waals surface area contributed by atoms with Gasteiger partial charge in [-0.1, -0.05) is 12.1 Å². The van der Waals surface area contributed by atoms with Crippen LogP contribution in [0.15, 0.2) is 24.3 Å². The van der Waals surface area contributed by atoms with Gasteiger partial charge in [0, 0.05) is 38.3 Å². The van der Waals surface area contributed by atoms with Crippen LogP contribution in [0.25, 0.3) is 0 Å². The third kappa shape index (κ3) is 5.45. The molecule has 0 aliphatic carbocycles. The van der Waals surface area contributed by atoms with Gasteiger partial charge in [-0.3, -0.25) is 9.80 Å². The van der Waals surface area contributed by atoms with Crippen LogP contribution in [0.3, 0.4) is 0 Å². The smallest absolute Gasteiger partial charge is 0.115 e. The lowest BCUT2D eigenvalue weighted by Crippen LogP contribution is -2.50. The van der Waals surface area contributed by atoms with Crippen molar-refractivity contribution in [3.63, 3.8) is 0 Å². The molecular formula is C19H31N3O2. The zero-order valence-electron chi connectivity index (χ0n) is 14.8. The average Bonchev–Trinajstić information content (AvgIpc) is 2.57. The van der Waals surface area contributed by atoms with Gasteiger partial charge in [0.25, 0.3) is 0 Å². The number of hydrogen-bond donors (Lipinski definition) is 2. The molecule has 0 radical (unpaired) electrons. The minimum absolute atomic E-state index is 0.362. The maximum Gasteiger partial charge on any atom is 0.115 e. The van der Waals surface area contributed by atoms with Crippen molar-refractivity contribution in [1.29, 1.82) is 0 Å². The number of aromatic hydroxyl groups is 1. The highest BCUT2D eigenvalue weighted by Crippen LogP contribution is 2.17. The predicted octanol–water partition coefficient (Wildman–Crippen LogP) is 1.67. The van der Waals surface area contributed by atoms with Crippen LogP contribution in [0.4, 0.5) is 0 Å². The quantitative estimate of drug-likeness (QED) is 0.829. The number of ether oxygens (including phenoxy) is 1. The van der Waals surface area contributed by atoms with Gasteiger partial charge in [0.1, 0.15) is 5.75 Å². The molecule has 2 N–H and O–H groups in total. The van der Waals surface area contributed by atoms with E-state index in [2.05, 4.69) is 28.1 Å². The Morgan fingerprint density at radius 1 is 1.17 bits per heavy atom. The Morgan fingerprint density at radius 2 is 1.92 bits per heavy atom. The van der Waals surface area contributed by atoms with Gasteiger partial charge in [0.05, 0.1) is 13.2 Å². The topological polar surface area (TPSA) is 48.0 Å². The number of nitrogens with one attached hydrogen (secondary N) is 1. The Morgan fingerprint density at radius 3 is 2.62 bits per heavy atom. The van der Waals surface area contributed by atoms with E-state index in [-0.39, 0.29) is 0 Å². The molecule has 0 saturated carbocycles. The summed E-state index contributed by atoms with van der Waals surface area (Å²) in [4.78, 5) is 4.98. The fourth-order valence-electron chi connectivity index (χ4n) is 3.80. The van der Waals surface area contributed by atoms with Crippen molar-refractivity contribution < 1.29 is 9.84 Å². The Kier molecular flexibility index (Phi) is 6.49. The highest BCUT2D eigenvalue weighted by molar-refractivity contribution is 5.27. The summed E-state index contributed by atoms with van der Waals surface area (Å²) in [6.07, 6.45) is 2.40. The fraction of sp³-hybridized carbons (Fsp3) is 0.684. The van der Waals surface area contributed by atoms with Crippen LogP contribution >= 0.6 is 0 Å². The van der Waals surface area contributed by atoms with Crippen LogP contribution in [-0.4, -0.2) is 72.9 Å². The van der Waals surface area contributed by atoms with Gasteiger partial charge >= 0.3 is 0 Å². The standard InChI is InChI=1S/C19H31N3O2/c1-16(14-22-9-11-24-12-10-22)20-18-5-7-21(8-6-18)15-17-3-2-4-19(23)13-17/h2-4,13,16,18,20,23H,5-12,14-15H2,1H3/t16-/m1/s1. The molecule has 24 heavy (non-hydrogen) atoms. The Balaban J connectivity index is 1.37. The molecule has 2 aliphatic heterocycles. The first kappa shape index (κ1) is 17.7. The molecule has 2 heterocycles. The van der Waals surface area contributed by atoms with Gasteiger partial charge in [-0.05, 0) is 50.6 Å². The predicted molar refractivity (Wildman–Crippen MR) is 96.3 cm³/mol. The van der Waals surface area contributed by atoms with E-state index in [0.717, 1.165) is 52.5 Å². The maximum atomic E-state index is 9.58. The maximum absolute atomic E-state index is 9.58. The molecule has 134 valence electrons. The normalized spacial score (nSPS) is 22.5. The first-order chi connectivity index (χ1) is 11.7. The van der Waals surface area contributed by atoms with Gasteiger partial charge in [0.15, 0.2) is 0 Å². The molecule has 2 aliphatic rings. The van der Waals surface area contributed by atoms with E-state index in [1.807, 2.05) is 12.1 Å². The lowest BCUT2D eigenvalue weighted by Gasteiger charge is -2.35. The van der Waals surface area contributed by atoms with Gasteiger partial charge in [0.2, 0.25) is 0 Å². The minimum Gasteiger partial charge on any atom is -0.508 e. The molecule has 1 atom stereocenters. The monoisotopic (exact) mass is 333 g/mol. The van der Waals surface area contributed by atoms with Gasteiger partial charge in [-0.25, -0.2) is 0 Å². The number of phenols is 1.